The molecule has 3 fully saturated rings. The predicted octanol–water partition coefficient (Wildman–Crippen LogP) is 5.64. The van der Waals surface area contributed by atoms with Crippen molar-refractivity contribution in [1.29, 1.82) is 0 Å². The van der Waals surface area contributed by atoms with Crippen molar-refractivity contribution in [2.45, 2.75) is 89.2 Å². The Labute approximate surface area is 266 Å². The summed E-state index contributed by atoms with van der Waals surface area (Å²) in [5.41, 5.74) is 0.618. The third kappa shape index (κ3) is 6.99. The lowest BCUT2D eigenvalue weighted by atomic mass is 9.79. The van der Waals surface area contributed by atoms with Crippen LogP contribution in [0.4, 0.5) is 0 Å². The Hall–Kier alpha value is 0.230. The van der Waals surface area contributed by atoms with Gasteiger partial charge in [-0.15, -0.1) is 0 Å². The van der Waals surface area contributed by atoms with Crippen molar-refractivity contribution >= 4 is 79.7 Å². The maximum absolute atomic E-state index is 12.9. The van der Waals surface area contributed by atoms with E-state index in [1.54, 1.807) is 0 Å². The molecule has 4 rings (SSSR count). The molecule has 1 aromatic rings. The Kier molecular flexibility index (Phi) is 10.0. The lowest BCUT2D eigenvalue weighted by molar-refractivity contribution is -0.157. The minimum Gasteiger partial charge on any atom is -0.463 e. The normalized spacial score (nSPS) is 29.3. The Morgan fingerprint density at radius 2 is 1.68 bits per heavy atom. The second-order valence-corrected chi connectivity index (χ2v) is 15.8. The molecular formula is C28H38I3NO6. The van der Waals surface area contributed by atoms with Gasteiger partial charge in [0.1, 0.15) is 18.8 Å². The average molecular weight is 865 g/mol. The van der Waals surface area contributed by atoms with Gasteiger partial charge in [-0.1, -0.05) is 0 Å². The van der Waals surface area contributed by atoms with E-state index < -0.39 is 6.10 Å². The standard InChI is InChI=1S/C28H38I3NO6/c1-27(2)11-19(12-28(3,4)32(27)5)36-13-18(33)14-37-25(34)20-7-16-6-15(20)8-23(16)38-26(35)21-9-17(29)10-22(30)24(21)31/h9-10,15-16,18-20,23,33H,6-8,11-14H2,1-5H3. The number of esters is 2. The fourth-order valence-electron chi connectivity index (χ4n) is 6.54. The smallest absolute Gasteiger partial charge is 0.339 e. The topological polar surface area (TPSA) is 85.3 Å². The van der Waals surface area contributed by atoms with Crippen molar-refractivity contribution in [3.05, 3.63) is 28.4 Å². The molecule has 1 heterocycles. The van der Waals surface area contributed by atoms with Gasteiger partial charge in [0, 0.05) is 21.8 Å². The van der Waals surface area contributed by atoms with Gasteiger partial charge >= 0.3 is 11.9 Å². The van der Waals surface area contributed by atoms with Crippen molar-refractivity contribution in [2.24, 2.45) is 17.8 Å². The van der Waals surface area contributed by atoms with Gasteiger partial charge in [0.05, 0.1) is 24.2 Å². The Bertz CT molecular complexity index is 1050. The summed E-state index contributed by atoms with van der Waals surface area (Å²) in [4.78, 5) is 28.1. The van der Waals surface area contributed by atoms with Crippen LogP contribution in [0.3, 0.4) is 0 Å². The van der Waals surface area contributed by atoms with Gasteiger partial charge in [-0.25, -0.2) is 4.79 Å². The van der Waals surface area contributed by atoms with E-state index in [2.05, 4.69) is 107 Å². The van der Waals surface area contributed by atoms with E-state index in [9.17, 15) is 14.7 Å². The molecule has 0 aromatic heterocycles. The van der Waals surface area contributed by atoms with Crippen molar-refractivity contribution in [3.8, 4) is 0 Å². The van der Waals surface area contributed by atoms with E-state index in [1.165, 1.54) is 0 Å². The van der Waals surface area contributed by atoms with Crippen LogP contribution in [0.25, 0.3) is 0 Å². The molecule has 7 nitrogen and oxygen atoms in total. The second kappa shape index (κ2) is 12.2. The number of halogens is 3. The lowest BCUT2D eigenvalue weighted by Gasteiger charge is -2.53. The van der Waals surface area contributed by atoms with Gasteiger partial charge in [0.25, 0.3) is 0 Å². The molecule has 5 unspecified atom stereocenters. The van der Waals surface area contributed by atoms with Gasteiger partial charge in [-0.2, -0.15) is 0 Å². The first kappa shape index (κ1) is 31.2. The molecule has 1 saturated heterocycles. The van der Waals surface area contributed by atoms with Crippen LogP contribution in [0.1, 0.15) is 70.2 Å². The highest BCUT2D eigenvalue weighted by Gasteiger charge is 2.51. The van der Waals surface area contributed by atoms with Crippen LogP contribution in [0.15, 0.2) is 12.1 Å². The summed E-state index contributed by atoms with van der Waals surface area (Å²) in [7, 11) is 2.15. The van der Waals surface area contributed by atoms with Gasteiger partial charge in [0.2, 0.25) is 0 Å². The minimum atomic E-state index is -0.851. The van der Waals surface area contributed by atoms with Crippen LogP contribution in [-0.2, 0) is 19.0 Å². The summed E-state index contributed by atoms with van der Waals surface area (Å²) in [6.07, 6.45) is 3.03. The monoisotopic (exact) mass is 865 g/mol. The number of aliphatic hydroxyl groups is 1. The van der Waals surface area contributed by atoms with Crippen LogP contribution in [0.2, 0.25) is 0 Å². The molecule has 3 aliphatic rings. The lowest BCUT2D eigenvalue weighted by Crippen LogP contribution is -2.60. The molecule has 0 radical (unpaired) electrons. The molecule has 0 spiro atoms. The third-order valence-corrected chi connectivity index (χ3v) is 12.4. The molecule has 1 aliphatic heterocycles. The van der Waals surface area contributed by atoms with Crippen LogP contribution in [-0.4, -0.2) is 71.6 Å². The summed E-state index contributed by atoms with van der Waals surface area (Å²) in [6, 6.07) is 3.90. The van der Waals surface area contributed by atoms with Crippen LogP contribution >= 0.6 is 67.8 Å². The molecule has 0 amide bonds. The number of hydrogen-bond donors (Lipinski definition) is 1. The summed E-state index contributed by atoms with van der Waals surface area (Å²) >= 11 is 6.64. The summed E-state index contributed by atoms with van der Waals surface area (Å²) < 4.78 is 20.4. The number of aliphatic hydroxyl groups excluding tert-OH is 1. The first-order valence-corrected chi connectivity index (χ1v) is 16.5. The second-order valence-electron chi connectivity index (χ2n) is 12.4. The van der Waals surface area contributed by atoms with Gasteiger partial charge in [0.15, 0.2) is 0 Å². The number of piperidine rings is 1. The van der Waals surface area contributed by atoms with Crippen LogP contribution in [0.5, 0.6) is 0 Å². The van der Waals surface area contributed by atoms with E-state index >= 15 is 0 Å². The fraction of sp³-hybridized carbons (Fsp3) is 0.714. The first-order chi connectivity index (χ1) is 17.7. The van der Waals surface area contributed by atoms with Gasteiger partial charge in [-0.05, 0) is 159 Å². The highest BCUT2D eigenvalue weighted by atomic mass is 127. The number of likely N-dealkylation sites (tertiary alicyclic amines) is 1. The molecule has 5 atom stereocenters. The molecule has 1 aromatic carbocycles. The van der Waals surface area contributed by atoms with Crippen molar-refractivity contribution in [3.63, 3.8) is 0 Å². The van der Waals surface area contributed by atoms with Crippen LogP contribution in [0, 0.1) is 28.5 Å². The number of nitrogens with zero attached hydrogens (tertiary/aromatic N) is 1. The Morgan fingerprint density at radius 1 is 1.03 bits per heavy atom. The fourth-order valence-corrected chi connectivity index (χ4v) is 8.92. The number of fused-ring (bicyclic) bond motifs is 2. The van der Waals surface area contributed by atoms with Crippen molar-refractivity contribution in [1.82, 2.24) is 4.90 Å². The number of hydrogen-bond acceptors (Lipinski definition) is 7. The zero-order valence-corrected chi connectivity index (χ0v) is 29.1. The largest absolute Gasteiger partial charge is 0.463 e. The molecule has 2 bridgehead atoms. The Morgan fingerprint density at radius 3 is 2.29 bits per heavy atom. The number of rotatable bonds is 8. The molecule has 212 valence electrons. The summed E-state index contributed by atoms with van der Waals surface area (Å²) in [5.74, 6) is -0.424. The first-order valence-electron chi connectivity index (χ1n) is 13.2. The minimum absolute atomic E-state index is 0.00851. The van der Waals surface area contributed by atoms with Gasteiger partial charge in [-0.3, -0.25) is 9.69 Å². The van der Waals surface area contributed by atoms with E-state index in [-0.39, 0.29) is 66.2 Å². The SMILES string of the molecule is CN1C(C)(C)CC(OCC(O)COC(=O)C2CC3CC2CC3OC(=O)c2cc(I)cc(I)c2I)CC1(C)C. The molecule has 2 aliphatic carbocycles. The number of carbonyl (C=O) groups excluding carboxylic acids is 2. The maximum atomic E-state index is 12.9. The van der Waals surface area contributed by atoms with Crippen molar-refractivity contribution < 1.29 is 28.9 Å². The Balaban J connectivity index is 1.21. The average Bonchev–Trinajstić information content (AvgIpc) is 3.42. The van der Waals surface area contributed by atoms with Gasteiger partial charge < -0.3 is 19.3 Å². The zero-order valence-electron chi connectivity index (χ0n) is 22.6. The molecular weight excluding hydrogens is 827 g/mol. The summed E-state index contributed by atoms with van der Waals surface area (Å²) in [5, 5.41) is 10.5. The molecule has 10 heteroatoms. The van der Waals surface area contributed by atoms with Crippen molar-refractivity contribution in [2.75, 3.05) is 20.3 Å². The van der Waals surface area contributed by atoms with E-state index in [0.717, 1.165) is 30.0 Å². The highest BCUT2D eigenvalue weighted by Crippen LogP contribution is 2.50. The predicted molar refractivity (Wildman–Crippen MR) is 170 cm³/mol. The number of ether oxygens (including phenoxy) is 3. The molecule has 1 N–H and O–H groups in total. The third-order valence-electron chi connectivity index (χ3n) is 8.78. The van der Waals surface area contributed by atoms with Crippen LogP contribution < -0.4 is 0 Å². The maximum Gasteiger partial charge on any atom is 0.339 e. The molecule has 2 saturated carbocycles. The highest BCUT2D eigenvalue weighted by molar-refractivity contribution is 14.1. The quantitative estimate of drug-likeness (QED) is 0.206. The molecule has 38 heavy (non-hydrogen) atoms. The zero-order chi connectivity index (χ0) is 28.0. The van der Waals surface area contributed by atoms with E-state index in [1.807, 2.05) is 12.1 Å². The summed E-state index contributed by atoms with van der Waals surface area (Å²) in [6.45, 7) is 8.95. The van der Waals surface area contributed by atoms with E-state index in [0.29, 0.717) is 18.4 Å². The number of carbonyl (C=O) groups is 2. The van der Waals surface area contributed by atoms with E-state index in [4.69, 9.17) is 14.2 Å². The number of benzene rings is 1.